The standard InChI is InChI=1S/C14H24N2O4S/c1-11(19-4)10-21(17,18)15-13-7-6-12(9-16(2)3)8-14(13)20-5/h6-8,11,15H,9-10H2,1-5H3. The minimum atomic E-state index is -3.48. The number of nitrogens with zero attached hydrogens (tertiary/aromatic N) is 1. The SMILES string of the molecule is COc1cc(CN(C)C)ccc1NS(=O)(=O)CC(C)OC. The average molecular weight is 316 g/mol. The maximum absolute atomic E-state index is 12.0. The van der Waals surface area contributed by atoms with Gasteiger partial charge in [0, 0.05) is 13.7 Å². The van der Waals surface area contributed by atoms with Crippen molar-refractivity contribution in [2.24, 2.45) is 0 Å². The van der Waals surface area contributed by atoms with E-state index in [0.29, 0.717) is 11.4 Å². The minimum Gasteiger partial charge on any atom is -0.495 e. The molecule has 0 aliphatic carbocycles. The monoisotopic (exact) mass is 316 g/mol. The maximum Gasteiger partial charge on any atom is 0.235 e. The summed E-state index contributed by atoms with van der Waals surface area (Å²) in [6.07, 6.45) is -0.374. The summed E-state index contributed by atoms with van der Waals surface area (Å²) >= 11 is 0. The van der Waals surface area contributed by atoms with Crippen molar-refractivity contribution in [1.29, 1.82) is 0 Å². The van der Waals surface area contributed by atoms with Crippen molar-refractivity contribution in [3.05, 3.63) is 23.8 Å². The van der Waals surface area contributed by atoms with Gasteiger partial charge in [-0.25, -0.2) is 8.42 Å². The van der Waals surface area contributed by atoms with Gasteiger partial charge in [-0.1, -0.05) is 6.07 Å². The Bertz CT molecular complexity index is 558. The first-order valence-electron chi connectivity index (χ1n) is 6.62. The van der Waals surface area contributed by atoms with Crippen molar-refractivity contribution in [2.45, 2.75) is 19.6 Å². The average Bonchev–Trinajstić information content (AvgIpc) is 2.38. The van der Waals surface area contributed by atoms with E-state index in [1.807, 2.05) is 31.1 Å². The molecule has 1 unspecified atom stereocenters. The van der Waals surface area contributed by atoms with E-state index in [0.717, 1.165) is 12.1 Å². The van der Waals surface area contributed by atoms with E-state index in [4.69, 9.17) is 9.47 Å². The van der Waals surface area contributed by atoms with Gasteiger partial charge in [-0.3, -0.25) is 4.72 Å². The van der Waals surface area contributed by atoms with Gasteiger partial charge in [0.25, 0.3) is 0 Å². The first-order chi connectivity index (χ1) is 9.77. The molecule has 1 atom stereocenters. The summed E-state index contributed by atoms with van der Waals surface area (Å²) in [6, 6.07) is 5.42. The lowest BCUT2D eigenvalue weighted by Gasteiger charge is -2.16. The van der Waals surface area contributed by atoms with Crippen molar-refractivity contribution in [1.82, 2.24) is 4.90 Å². The highest BCUT2D eigenvalue weighted by Crippen LogP contribution is 2.27. The van der Waals surface area contributed by atoms with E-state index in [1.165, 1.54) is 14.2 Å². The van der Waals surface area contributed by atoms with Gasteiger partial charge in [0.2, 0.25) is 10.0 Å². The van der Waals surface area contributed by atoms with Crippen LogP contribution in [0.15, 0.2) is 18.2 Å². The van der Waals surface area contributed by atoms with Crippen LogP contribution in [-0.2, 0) is 21.3 Å². The third kappa shape index (κ3) is 5.91. The molecule has 0 saturated heterocycles. The molecule has 1 rings (SSSR count). The molecule has 0 fully saturated rings. The van der Waals surface area contributed by atoms with E-state index in [-0.39, 0.29) is 11.9 Å². The molecule has 1 N–H and O–H groups in total. The fourth-order valence-corrected chi connectivity index (χ4v) is 3.21. The first kappa shape index (κ1) is 17.7. The highest BCUT2D eigenvalue weighted by Gasteiger charge is 2.17. The zero-order valence-corrected chi connectivity index (χ0v) is 14.0. The molecule has 0 amide bonds. The van der Waals surface area contributed by atoms with Crippen LogP contribution in [0.4, 0.5) is 5.69 Å². The van der Waals surface area contributed by atoms with Crippen molar-refractivity contribution >= 4 is 15.7 Å². The normalized spacial score (nSPS) is 13.2. The van der Waals surface area contributed by atoms with Gasteiger partial charge in [-0.05, 0) is 38.7 Å². The van der Waals surface area contributed by atoms with Crippen LogP contribution in [-0.4, -0.2) is 53.5 Å². The van der Waals surface area contributed by atoms with Gasteiger partial charge in [0.15, 0.2) is 0 Å². The zero-order valence-electron chi connectivity index (χ0n) is 13.2. The Morgan fingerprint density at radius 3 is 2.48 bits per heavy atom. The molecule has 0 aliphatic rings. The molecule has 120 valence electrons. The minimum absolute atomic E-state index is 0.105. The lowest BCUT2D eigenvalue weighted by molar-refractivity contribution is 0.136. The number of hydrogen-bond donors (Lipinski definition) is 1. The second-order valence-electron chi connectivity index (χ2n) is 5.20. The van der Waals surface area contributed by atoms with Crippen LogP contribution in [0.2, 0.25) is 0 Å². The van der Waals surface area contributed by atoms with E-state index >= 15 is 0 Å². The molecule has 0 saturated carbocycles. The number of nitrogens with one attached hydrogen (secondary N) is 1. The number of ether oxygens (including phenoxy) is 2. The molecule has 1 aromatic rings. The molecule has 0 heterocycles. The van der Waals surface area contributed by atoms with Gasteiger partial charge >= 0.3 is 0 Å². The highest BCUT2D eigenvalue weighted by atomic mass is 32.2. The predicted octanol–water partition coefficient (Wildman–Crippen LogP) is 1.53. The van der Waals surface area contributed by atoms with Crippen LogP contribution in [0.3, 0.4) is 0 Å². The van der Waals surface area contributed by atoms with Crippen molar-refractivity contribution in [3.63, 3.8) is 0 Å². The third-order valence-corrected chi connectivity index (χ3v) is 4.33. The lowest BCUT2D eigenvalue weighted by atomic mass is 10.2. The van der Waals surface area contributed by atoms with Gasteiger partial charge in [0.05, 0.1) is 24.7 Å². The second-order valence-corrected chi connectivity index (χ2v) is 6.97. The van der Waals surface area contributed by atoms with E-state index in [9.17, 15) is 8.42 Å². The Morgan fingerprint density at radius 2 is 1.95 bits per heavy atom. The topological polar surface area (TPSA) is 67.9 Å². The summed E-state index contributed by atoms with van der Waals surface area (Å²) in [7, 11) is 3.46. The van der Waals surface area contributed by atoms with Crippen LogP contribution in [0.1, 0.15) is 12.5 Å². The Morgan fingerprint density at radius 1 is 1.29 bits per heavy atom. The fraction of sp³-hybridized carbons (Fsp3) is 0.571. The first-order valence-corrected chi connectivity index (χ1v) is 8.27. The fourth-order valence-electron chi connectivity index (χ4n) is 1.87. The van der Waals surface area contributed by atoms with Gasteiger partial charge in [0.1, 0.15) is 5.75 Å². The van der Waals surface area contributed by atoms with Gasteiger partial charge < -0.3 is 14.4 Å². The quantitative estimate of drug-likeness (QED) is 0.788. The zero-order chi connectivity index (χ0) is 16.0. The Hall–Kier alpha value is -1.31. The van der Waals surface area contributed by atoms with Crippen LogP contribution in [0.25, 0.3) is 0 Å². The number of sulfonamides is 1. The Labute approximate surface area is 127 Å². The number of methoxy groups -OCH3 is 2. The largest absolute Gasteiger partial charge is 0.495 e. The molecular weight excluding hydrogens is 292 g/mol. The lowest BCUT2D eigenvalue weighted by Crippen LogP contribution is -2.25. The second kappa shape index (κ2) is 7.63. The van der Waals surface area contributed by atoms with Crippen molar-refractivity contribution in [2.75, 3.05) is 38.8 Å². The molecule has 0 aliphatic heterocycles. The summed E-state index contributed by atoms with van der Waals surface area (Å²) in [5, 5.41) is 0. The van der Waals surface area contributed by atoms with Crippen LogP contribution >= 0.6 is 0 Å². The Kier molecular flexibility index (Phi) is 6.44. The summed E-state index contributed by atoms with van der Waals surface area (Å²) in [6.45, 7) is 2.46. The number of rotatable bonds is 8. The molecule has 0 bridgehead atoms. The molecule has 1 aromatic carbocycles. The summed E-state index contributed by atoms with van der Waals surface area (Å²) in [4.78, 5) is 2.03. The number of anilines is 1. The molecule has 6 nitrogen and oxygen atoms in total. The maximum atomic E-state index is 12.0. The molecule has 7 heteroatoms. The molecule has 21 heavy (non-hydrogen) atoms. The van der Waals surface area contributed by atoms with E-state index < -0.39 is 10.0 Å². The molecule has 0 spiro atoms. The van der Waals surface area contributed by atoms with Crippen molar-refractivity contribution < 1.29 is 17.9 Å². The van der Waals surface area contributed by atoms with Gasteiger partial charge in [-0.15, -0.1) is 0 Å². The molecular formula is C14H24N2O4S. The third-order valence-electron chi connectivity index (χ3n) is 2.89. The Balaban J connectivity index is 2.93. The van der Waals surface area contributed by atoms with Crippen LogP contribution < -0.4 is 9.46 Å². The van der Waals surface area contributed by atoms with E-state index in [2.05, 4.69) is 4.72 Å². The molecule has 0 radical (unpaired) electrons. The highest BCUT2D eigenvalue weighted by molar-refractivity contribution is 7.92. The van der Waals surface area contributed by atoms with Crippen LogP contribution in [0, 0.1) is 0 Å². The van der Waals surface area contributed by atoms with Gasteiger partial charge in [-0.2, -0.15) is 0 Å². The molecule has 0 aromatic heterocycles. The van der Waals surface area contributed by atoms with Crippen LogP contribution in [0.5, 0.6) is 5.75 Å². The van der Waals surface area contributed by atoms with Crippen molar-refractivity contribution in [3.8, 4) is 5.75 Å². The summed E-state index contributed by atoms with van der Waals surface area (Å²) in [5.74, 6) is 0.398. The smallest absolute Gasteiger partial charge is 0.235 e. The van der Waals surface area contributed by atoms with E-state index in [1.54, 1.807) is 13.0 Å². The summed E-state index contributed by atoms with van der Waals surface area (Å²) < 4.78 is 36.9. The predicted molar refractivity (Wildman–Crippen MR) is 84.3 cm³/mol. The number of hydrogen-bond acceptors (Lipinski definition) is 5. The number of benzene rings is 1. The summed E-state index contributed by atoms with van der Waals surface area (Å²) in [5.41, 5.74) is 1.48.